The number of anilines is 1. The monoisotopic (exact) mass is 281 g/mol. The third-order valence-corrected chi connectivity index (χ3v) is 4.18. The summed E-state index contributed by atoms with van der Waals surface area (Å²) in [6.45, 7) is 7.39. The smallest absolute Gasteiger partial charge is 0.142 e. The van der Waals surface area contributed by atoms with E-state index in [2.05, 4.69) is 19.2 Å². The zero-order valence-corrected chi connectivity index (χ0v) is 12.9. The molecule has 0 spiro atoms. The zero-order valence-electron chi connectivity index (χ0n) is 12.1. The topological polar surface area (TPSA) is 21.3 Å². The molecule has 106 valence electrons. The highest BCUT2D eigenvalue weighted by molar-refractivity contribution is 6.30. The van der Waals surface area contributed by atoms with Gasteiger partial charge in [0.1, 0.15) is 5.75 Å². The fraction of sp³-hybridized carbons (Fsp3) is 0.625. The van der Waals surface area contributed by atoms with E-state index in [-0.39, 0.29) is 0 Å². The molecule has 1 aliphatic rings. The van der Waals surface area contributed by atoms with E-state index in [0.29, 0.717) is 18.1 Å². The minimum atomic E-state index is 0.495. The minimum absolute atomic E-state index is 0.495. The van der Waals surface area contributed by atoms with Crippen molar-refractivity contribution in [2.24, 2.45) is 5.41 Å². The molecule has 1 aromatic carbocycles. The second-order valence-electron chi connectivity index (χ2n) is 6.16. The van der Waals surface area contributed by atoms with Gasteiger partial charge in [-0.15, -0.1) is 0 Å². The van der Waals surface area contributed by atoms with Crippen LogP contribution in [0, 0.1) is 5.41 Å². The van der Waals surface area contributed by atoms with Gasteiger partial charge in [-0.3, -0.25) is 0 Å². The van der Waals surface area contributed by atoms with Gasteiger partial charge in [-0.1, -0.05) is 25.4 Å². The van der Waals surface area contributed by atoms with Gasteiger partial charge in [0, 0.05) is 11.1 Å². The van der Waals surface area contributed by atoms with Gasteiger partial charge < -0.3 is 10.1 Å². The van der Waals surface area contributed by atoms with E-state index in [0.717, 1.165) is 16.5 Å². The van der Waals surface area contributed by atoms with Crippen LogP contribution in [0.25, 0.3) is 0 Å². The first-order valence-corrected chi connectivity index (χ1v) is 7.57. The van der Waals surface area contributed by atoms with Gasteiger partial charge in [0.25, 0.3) is 0 Å². The summed E-state index contributed by atoms with van der Waals surface area (Å²) in [5.74, 6) is 0.900. The third kappa shape index (κ3) is 4.04. The van der Waals surface area contributed by atoms with E-state index >= 15 is 0 Å². The maximum Gasteiger partial charge on any atom is 0.142 e. The number of rotatable bonds is 4. The number of nitrogens with one attached hydrogen (secondary N) is 1. The van der Waals surface area contributed by atoms with Gasteiger partial charge in [-0.25, -0.2) is 0 Å². The molecule has 0 atom stereocenters. The second-order valence-corrected chi connectivity index (χ2v) is 6.59. The van der Waals surface area contributed by atoms with Crippen LogP contribution in [0.2, 0.25) is 5.02 Å². The predicted octanol–water partition coefficient (Wildman–Crippen LogP) is 5.12. The fourth-order valence-electron chi connectivity index (χ4n) is 2.66. The Bertz CT molecular complexity index is 421. The summed E-state index contributed by atoms with van der Waals surface area (Å²) in [4.78, 5) is 0. The Balaban J connectivity index is 2.04. The molecule has 0 unspecified atom stereocenters. The van der Waals surface area contributed by atoms with Crippen LogP contribution < -0.4 is 10.1 Å². The summed E-state index contributed by atoms with van der Waals surface area (Å²) in [6, 6.07) is 6.32. The zero-order chi connectivity index (χ0) is 13.9. The first kappa shape index (κ1) is 14.5. The lowest BCUT2D eigenvalue weighted by Crippen LogP contribution is -2.30. The molecule has 1 aromatic rings. The average molecular weight is 282 g/mol. The summed E-state index contributed by atoms with van der Waals surface area (Å²) in [6.07, 6.45) is 4.97. The summed E-state index contributed by atoms with van der Waals surface area (Å²) in [5.41, 5.74) is 1.52. The van der Waals surface area contributed by atoms with Crippen molar-refractivity contribution in [2.75, 3.05) is 11.9 Å². The highest BCUT2D eigenvalue weighted by atomic mass is 35.5. The third-order valence-electron chi connectivity index (χ3n) is 3.94. The van der Waals surface area contributed by atoms with E-state index in [1.807, 2.05) is 25.1 Å². The Labute approximate surface area is 121 Å². The van der Waals surface area contributed by atoms with Crippen LogP contribution in [0.1, 0.15) is 46.5 Å². The SMILES string of the molecule is CCOc1ccc(Cl)cc1NC1CCC(C)(C)CC1. The van der Waals surface area contributed by atoms with Crippen molar-refractivity contribution in [2.45, 2.75) is 52.5 Å². The number of benzene rings is 1. The van der Waals surface area contributed by atoms with Crippen LogP contribution in [-0.2, 0) is 0 Å². The van der Waals surface area contributed by atoms with Crippen molar-refractivity contribution >= 4 is 17.3 Å². The molecule has 2 nitrogen and oxygen atoms in total. The molecule has 0 amide bonds. The van der Waals surface area contributed by atoms with Crippen LogP contribution >= 0.6 is 11.6 Å². The van der Waals surface area contributed by atoms with Crippen LogP contribution in [0.5, 0.6) is 5.75 Å². The van der Waals surface area contributed by atoms with E-state index < -0.39 is 0 Å². The number of halogens is 1. The van der Waals surface area contributed by atoms with Crippen molar-refractivity contribution < 1.29 is 4.74 Å². The maximum absolute atomic E-state index is 6.08. The predicted molar refractivity (Wildman–Crippen MR) is 82.3 cm³/mol. The largest absolute Gasteiger partial charge is 0.492 e. The molecule has 19 heavy (non-hydrogen) atoms. The normalized spacial score (nSPS) is 19.2. The lowest BCUT2D eigenvalue weighted by Gasteiger charge is -2.35. The van der Waals surface area contributed by atoms with Crippen LogP contribution in [0.15, 0.2) is 18.2 Å². The Kier molecular flexibility index (Phi) is 4.62. The molecule has 1 fully saturated rings. The van der Waals surface area contributed by atoms with Crippen molar-refractivity contribution in [3.05, 3.63) is 23.2 Å². The lowest BCUT2D eigenvalue weighted by atomic mass is 9.75. The maximum atomic E-state index is 6.08. The first-order chi connectivity index (χ1) is 9.00. The highest BCUT2D eigenvalue weighted by Gasteiger charge is 2.27. The molecule has 2 rings (SSSR count). The molecule has 1 saturated carbocycles. The molecule has 0 aromatic heterocycles. The van der Waals surface area contributed by atoms with Crippen molar-refractivity contribution in [3.8, 4) is 5.75 Å². The summed E-state index contributed by atoms with van der Waals surface area (Å²) >= 11 is 6.08. The van der Waals surface area contributed by atoms with E-state index in [9.17, 15) is 0 Å². The van der Waals surface area contributed by atoms with Gasteiger partial charge in [0.2, 0.25) is 0 Å². The molecular formula is C16H24ClNO. The highest BCUT2D eigenvalue weighted by Crippen LogP contribution is 2.37. The molecular weight excluding hydrogens is 258 g/mol. The first-order valence-electron chi connectivity index (χ1n) is 7.19. The lowest BCUT2D eigenvalue weighted by molar-refractivity contribution is 0.232. The number of ether oxygens (including phenoxy) is 1. The Morgan fingerprint density at radius 2 is 2.00 bits per heavy atom. The van der Waals surface area contributed by atoms with E-state index in [1.54, 1.807) is 0 Å². The Morgan fingerprint density at radius 1 is 1.32 bits per heavy atom. The van der Waals surface area contributed by atoms with E-state index in [1.165, 1.54) is 25.7 Å². The number of hydrogen-bond donors (Lipinski definition) is 1. The quantitative estimate of drug-likeness (QED) is 0.827. The van der Waals surface area contributed by atoms with Gasteiger partial charge in [-0.05, 0) is 56.2 Å². The van der Waals surface area contributed by atoms with Gasteiger partial charge in [-0.2, -0.15) is 0 Å². The second kappa shape index (κ2) is 6.04. The fourth-order valence-corrected chi connectivity index (χ4v) is 2.83. The Hall–Kier alpha value is -0.890. The van der Waals surface area contributed by atoms with Crippen molar-refractivity contribution in [3.63, 3.8) is 0 Å². The van der Waals surface area contributed by atoms with E-state index in [4.69, 9.17) is 16.3 Å². The molecule has 1 N–H and O–H groups in total. The molecule has 0 aliphatic heterocycles. The van der Waals surface area contributed by atoms with Crippen LogP contribution in [0.3, 0.4) is 0 Å². The molecule has 0 heterocycles. The van der Waals surface area contributed by atoms with Crippen LogP contribution in [-0.4, -0.2) is 12.6 Å². The summed E-state index contributed by atoms with van der Waals surface area (Å²) < 4.78 is 5.65. The molecule has 3 heteroatoms. The number of hydrogen-bond acceptors (Lipinski definition) is 2. The molecule has 1 aliphatic carbocycles. The van der Waals surface area contributed by atoms with Gasteiger partial charge >= 0.3 is 0 Å². The summed E-state index contributed by atoms with van der Waals surface area (Å²) in [7, 11) is 0. The Morgan fingerprint density at radius 3 is 2.63 bits per heavy atom. The minimum Gasteiger partial charge on any atom is -0.492 e. The molecule has 0 saturated heterocycles. The van der Waals surface area contributed by atoms with Gasteiger partial charge in [0.05, 0.1) is 12.3 Å². The average Bonchev–Trinajstić information content (AvgIpc) is 2.35. The van der Waals surface area contributed by atoms with Crippen LogP contribution in [0.4, 0.5) is 5.69 Å². The standard InChI is InChI=1S/C16H24ClNO/c1-4-19-15-6-5-12(17)11-14(15)18-13-7-9-16(2,3)10-8-13/h5-6,11,13,18H,4,7-10H2,1-3H3. The summed E-state index contributed by atoms with van der Waals surface area (Å²) in [5, 5.41) is 4.36. The molecule has 0 bridgehead atoms. The van der Waals surface area contributed by atoms with Crippen molar-refractivity contribution in [1.29, 1.82) is 0 Å². The van der Waals surface area contributed by atoms with Crippen molar-refractivity contribution in [1.82, 2.24) is 0 Å². The van der Waals surface area contributed by atoms with Gasteiger partial charge in [0.15, 0.2) is 0 Å². The molecule has 0 radical (unpaired) electrons.